The zero-order valence-electron chi connectivity index (χ0n) is 13.6. The van der Waals surface area contributed by atoms with Crippen LogP contribution in [0.3, 0.4) is 0 Å². The van der Waals surface area contributed by atoms with Crippen LogP contribution in [-0.2, 0) is 11.3 Å². The Bertz CT molecular complexity index is 558. The Kier molecular flexibility index (Phi) is 6.88. The normalized spacial score (nSPS) is 17.5. The standard InChI is InChI=1S/C17H24ClN3OS/c1-2-21(11-14-7-8-15(18)23-14)12-16(22)20-17(13-19)9-5-3-4-6-10-17/h7-8H,2-6,9-12H2,1H3,(H,20,22). The molecule has 126 valence electrons. The summed E-state index contributed by atoms with van der Waals surface area (Å²) in [6, 6.07) is 6.24. The minimum Gasteiger partial charge on any atom is -0.337 e. The molecule has 1 aliphatic rings. The van der Waals surface area contributed by atoms with E-state index in [2.05, 4.69) is 16.3 Å². The van der Waals surface area contributed by atoms with Crippen molar-refractivity contribution in [3.63, 3.8) is 0 Å². The van der Waals surface area contributed by atoms with Gasteiger partial charge in [0.1, 0.15) is 5.54 Å². The molecule has 0 bridgehead atoms. The molecule has 0 aliphatic heterocycles. The first-order valence-corrected chi connectivity index (χ1v) is 9.45. The van der Waals surface area contributed by atoms with Gasteiger partial charge in [-0.15, -0.1) is 11.3 Å². The Morgan fingerprint density at radius 1 is 1.39 bits per heavy atom. The highest BCUT2D eigenvalue weighted by Crippen LogP contribution is 2.27. The Balaban J connectivity index is 1.92. The van der Waals surface area contributed by atoms with Crippen LogP contribution in [0.5, 0.6) is 0 Å². The summed E-state index contributed by atoms with van der Waals surface area (Å²) in [5, 5.41) is 12.6. The summed E-state index contributed by atoms with van der Waals surface area (Å²) in [6.45, 7) is 3.84. The predicted molar refractivity (Wildman–Crippen MR) is 94.5 cm³/mol. The van der Waals surface area contributed by atoms with Crippen molar-refractivity contribution in [2.45, 2.75) is 57.5 Å². The largest absolute Gasteiger partial charge is 0.337 e. The van der Waals surface area contributed by atoms with Crippen molar-refractivity contribution in [3.05, 3.63) is 21.3 Å². The fourth-order valence-corrected chi connectivity index (χ4v) is 4.17. The van der Waals surface area contributed by atoms with Crippen LogP contribution in [0.25, 0.3) is 0 Å². The summed E-state index contributed by atoms with van der Waals surface area (Å²) in [4.78, 5) is 15.6. The summed E-state index contributed by atoms with van der Waals surface area (Å²) in [7, 11) is 0. The Morgan fingerprint density at radius 2 is 2.09 bits per heavy atom. The first-order valence-electron chi connectivity index (χ1n) is 8.26. The van der Waals surface area contributed by atoms with E-state index >= 15 is 0 Å². The number of carbonyl (C=O) groups is 1. The van der Waals surface area contributed by atoms with Crippen molar-refractivity contribution in [2.24, 2.45) is 0 Å². The number of halogens is 1. The number of carbonyl (C=O) groups excluding carboxylic acids is 1. The van der Waals surface area contributed by atoms with Gasteiger partial charge in [-0.3, -0.25) is 9.69 Å². The number of likely N-dealkylation sites (N-methyl/N-ethyl adjacent to an activating group) is 1. The highest BCUT2D eigenvalue weighted by molar-refractivity contribution is 7.16. The number of hydrogen-bond donors (Lipinski definition) is 1. The number of hydrogen-bond acceptors (Lipinski definition) is 4. The second kappa shape index (κ2) is 8.68. The average Bonchev–Trinajstić information content (AvgIpc) is 2.80. The van der Waals surface area contributed by atoms with Crippen LogP contribution in [-0.4, -0.2) is 29.4 Å². The maximum atomic E-state index is 12.4. The zero-order chi connectivity index (χ0) is 16.7. The Labute approximate surface area is 147 Å². The van der Waals surface area contributed by atoms with Crippen LogP contribution in [0.1, 0.15) is 50.3 Å². The number of thiophene rings is 1. The lowest BCUT2D eigenvalue weighted by molar-refractivity contribution is -0.123. The van der Waals surface area contributed by atoms with Crippen LogP contribution >= 0.6 is 22.9 Å². The topological polar surface area (TPSA) is 56.1 Å². The van der Waals surface area contributed by atoms with Gasteiger partial charge in [0.15, 0.2) is 0 Å². The molecule has 23 heavy (non-hydrogen) atoms. The van der Waals surface area contributed by atoms with E-state index < -0.39 is 5.54 Å². The molecule has 1 fully saturated rings. The van der Waals surface area contributed by atoms with Gasteiger partial charge in [0.2, 0.25) is 5.91 Å². The number of nitriles is 1. The van der Waals surface area contributed by atoms with E-state index in [1.807, 2.05) is 19.1 Å². The molecular weight excluding hydrogens is 330 g/mol. The molecule has 6 heteroatoms. The number of nitrogens with zero attached hydrogens (tertiary/aromatic N) is 2. The van der Waals surface area contributed by atoms with Crippen molar-refractivity contribution in [2.75, 3.05) is 13.1 Å². The molecule has 1 aliphatic carbocycles. The van der Waals surface area contributed by atoms with Crippen molar-refractivity contribution < 1.29 is 4.79 Å². The van der Waals surface area contributed by atoms with Gasteiger partial charge in [-0.25, -0.2) is 0 Å². The number of rotatable bonds is 6. The second-order valence-electron chi connectivity index (χ2n) is 6.17. The van der Waals surface area contributed by atoms with E-state index in [-0.39, 0.29) is 5.91 Å². The fraction of sp³-hybridized carbons (Fsp3) is 0.647. The summed E-state index contributed by atoms with van der Waals surface area (Å²) in [5.41, 5.74) is -0.667. The van der Waals surface area contributed by atoms with Gasteiger partial charge in [-0.1, -0.05) is 44.2 Å². The third kappa shape index (κ3) is 5.49. The first kappa shape index (κ1) is 18.3. The molecule has 1 heterocycles. The molecule has 0 radical (unpaired) electrons. The highest BCUT2D eigenvalue weighted by Gasteiger charge is 2.32. The molecule has 0 unspecified atom stereocenters. The van der Waals surface area contributed by atoms with Crippen LogP contribution in [0.4, 0.5) is 0 Å². The van der Waals surface area contributed by atoms with Crippen LogP contribution in [0, 0.1) is 11.3 Å². The lowest BCUT2D eigenvalue weighted by Gasteiger charge is -2.28. The van der Waals surface area contributed by atoms with Crippen LogP contribution in [0.2, 0.25) is 4.34 Å². The highest BCUT2D eigenvalue weighted by atomic mass is 35.5. The molecular formula is C17H24ClN3OS. The van der Waals surface area contributed by atoms with Crippen molar-refractivity contribution >= 4 is 28.8 Å². The van der Waals surface area contributed by atoms with E-state index in [9.17, 15) is 10.1 Å². The molecule has 0 aromatic carbocycles. The molecule has 1 aromatic rings. The summed E-state index contributed by atoms with van der Waals surface area (Å²) >= 11 is 7.50. The van der Waals surface area contributed by atoms with E-state index in [0.29, 0.717) is 13.1 Å². The Morgan fingerprint density at radius 3 is 2.61 bits per heavy atom. The van der Waals surface area contributed by atoms with E-state index in [1.165, 1.54) is 0 Å². The van der Waals surface area contributed by atoms with E-state index in [4.69, 9.17) is 11.6 Å². The quantitative estimate of drug-likeness (QED) is 0.787. The lowest BCUT2D eigenvalue weighted by atomic mass is 9.92. The van der Waals surface area contributed by atoms with Gasteiger partial charge < -0.3 is 5.32 Å². The SMILES string of the molecule is CCN(CC(=O)NC1(C#N)CCCCCC1)Cc1ccc(Cl)s1. The zero-order valence-corrected chi connectivity index (χ0v) is 15.2. The number of amides is 1. The molecule has 0 saturated heterocycles. The monoisotopic (exact) mass is 353 g/mol. The van der Waals surface area contributed by atoms with Gasteiger partial charge >= 0.3 is 0 Å². The van der Waals surface area contributed by atoms with Crippen LogP contribution in [0.15, 0.2) is 12.1 Å². The van der Waals surface area contributed by atoms with Gasteiger partial charge in [-0.2, -0.15) is 5.26 Å². The van der Waals surface area contributed by atoms with E-state index in [1.54, 1.807) is 11.3 Å². The van der Waals surface area contributed by atoms with Crippen molar-refractivity contribution in [3.8, 4) is 6.07 Å². The summed E-state index contributed by atoms with van der Waals surface area (Å²) in [6.07, 6.45) is 5.86. The maximum Gasteiger partial charge on any atom is 0.235 e. The smallest absolute Gasteiger partial charge is 0.235 e. The van der Waals surface area contributed by atoms with Crippen LogP contribution < -0.4 is 5.32 Å². The molecule has 4 nitrogen and oxygen atoms in total. The van der Waals surface area contributed by atoms with Gasteiger partial charge in [0.05, 0.1) is 17.0 Å². The average molecular weight is 354 g/mol. The molecule has 1 N–H and O–H groups in total. The number of nitrogens with one attached hydrogen (secondary N) is 1. The lowest BCUT2D eigenvalue weighted by Crippen LogP contribution is -2.50. The third-order valence-electron chi connectivity index (χ3n) is 4.37. The van der Waals surface area contributed by atoms with Gasteiger partial charge in [0, 0.05) is 11.4 Å². The van der Waals surface area contributed by atoms with Crippen molar-refractivity contribution in [1.82, 2.24) is 10.2 Å². The molecule has 1 amide bonds. The fourth-order valence-electron chi connectivity index (χ4n) is 3.04. The van der Waals surface area contributed by atoms with E-state index in [0.717, 1.165) is 54.3 Å². The molecule has 0 atom stereocenters. The van der Waals surface area contributed by atoms with Crippen molar-refractivity contribution in [1.29, 1.82) is 5.26 Å². The molecule has 2 rings (SSSR count). The minimum absolute atomic E-state index is 0.0575. The maximum absolute atomic E-state index is 12.4. The summed E-state index contributed by atoms with van der Waals surface area (Å²) < 4.78 is 0.766. The van der Waals surface area contributed by atoms with Gasteiger partial charge in [0.25, 0.3) is 0 Å². The predicted octanol–water partition coefficient (Wildman–Crippen LogP) is 3.96. The molecule has 0 spiro atoms. The molecule has 1 saturated carbocycles. The summed E-state index contributed by atoms with van der Waals surface area (Å²) in [5.74, 6) is -0.0575. The Hall–Kier alpha value is -1.09. The third-order valence-corrected chi connectivity index (χ3v) is 5.59. The second-order valence-corrected chi connectivity index (χ2v) is 7.97. The van der Waals surface area contributed by atoms with Gasteiger partial charge in [-0.05, 0) is 31.5 Å². The molecule has 1 aromatic heterocycles. The minimum atomic E-state index is -0.667. The first-order chi connectivity index (χ1) is 11.1.